The third-order valence-electron chi connectivity index (χ3n) is 3.39. The number of halogens is 1. The van der Waals surface area contributed by atoms with E-state index < -0.39 is 0 Å². The van der Waals surface area contributed by atoms with Gasteiger partial charge in [0.2, 0.25) is 0 Å². The van der Waals surface area contributed by atoms with E-state index in [9.17, 15) is 4.39 Å². The molecule has 2 rings (SSSR count). The number of rotatable bonds is 3. The van der Waals surface area contributed by atoms with Crippen LogP contribution < -0.4 is 5.73 Å². The highest BCUT2D eigenvalue weighted by molar-refractivity contribution is 5.17. The van der Waals surface area contributed by atoms with Crippen LogP contribution in [0.15, 0.2) is 24.3 Å². The Kier molecular flexibility index (Phi) is 3.91. The third kappa shape index (κ3) is 2.80. The van der Waals surface area contributed by atoms with Crippen LogP contribution in [0.4, 0.5) is 4.39 Å². The molecule has 0 amide bonds. The van der Waals surface area contributed by atoms with Crippen LogP contribution in [-0.2, 0) is 6.54 Å². The molecule has 1 aliphatic rings. The predicted molar refractivity (Wildman–Crippen MR) is 63.5 cm³/mol. The number of hydrogen-bond acceptors (Lipinski definition) is 2. The molecule has 16 heavy (non-hydrogen) atoms. The van der Waals surface area contributed by atoms with Crippen LogP contribution in [0.25, 0.3) is 0 Å². The van der Waals surface area contributed by atoms with Crippen molar-refractivity contribution in [1.29, 1.82) is 0 Å². The van der Waals surface area contributed by atoms with Crippen molar-refractivity contribution in [2.45, 2.75) is 19.4 Å². The van der Waals surface area contributed by atoms with E-state index in [1.165, 1.54) is 6.07 Å². The Hall–Kier alpha value is -0.930. The van der Waals surface area contributed by atoms with Crippen LogP contribution in [0.5, 0.6) is 0 Å². The third-order valence-corrected chi connectivity index (χ3v) is 3.39. The number of likely N-dealkylation sites (tertiary alicyclic amines) is 1. The van der Waals surface area contributed by atoms with Gasteiger partial charge in [-0.2, -0.15) is 0 Å². The first-order chi connectivity index (χ1) is 7.79. The van der Waals surface area contributed by atoms with Gasteiger partial charge in [-0.05, 0) is 44.5 Å². The maximum atomic E-state index is 13.4. The van der Waals surface area contributed by atoms with E-state index in [1.54, 1.807) is 6.07 Å². The molecule has 2 nitrogen and oxygen atoms in total. The number of hydrogen-bond donors (Lipinski definition) is 1. The molecule has 1 saturated heterocycles. The number of piperidine rings is 1. The molecule has 1 heterocycles. The molecule has 1 aromatic carbocycles. The molecule has 0 atom stereocenters. The van der Waals surface area contributed by atoms with Gasteiger partial charge in [-0.15, -0.1) is 0 Å². The summed E-state index contributed by atoms with van der Waals surface area (Å²) in [6, 6.07) is 7.02. The van der Waals surface area contributed by atoms with Crippen LogP contribution in [0.3, 0.4) is 0 Å². The zero-order valence-electron chi connectivity index (χ0n) is 9.53. The second-order valence-corrected chi connectivity index (χ2v) is 4.55. The first-order valence-corrected chi connectivity index (χ1v) is 5.95. The van der Waals surface area contributed by atoms with Gasteiger partial charge >= 0.3 is 0 Å². The maximum absolute atomic E-state index is 13.4. The van der Waals surface area contributed by atoms with Crippen LogP contribution >= 0.6 is 0 Å². The Morgan fingerprint density at radius 3 is 2.56 bits per heavy atom. The lowest BCUT2D eigenvalue weighted by atomic mass is 9.97. The fourth-order valence-electron chi connectivity index (χ4n) is 2.25. The van der Waals surface area contributed by atoms with Crippen molar-refractivity contribution in [2.75, 3.05) is 19.6 Å². The molecule has 0 spiro atoms. The molecule has 0 unspecified atom stereocenters. The lowest BCUT2D eigenvalue weighted by Gasteiger charge is -2.31. The molecule has 0 saturated carbocycles. The molecule has 1 aromatic rings. The van der Waals surface area contributed by atoms with Crippen molar-refractivity contribution in [3.63, 3.8) is 0 Å². The summed E-state index contributed by atoms with van der Waals surface area (Å²) in [5.41, 5.74) is 6.45. The summed E-state index contributed by atoms with van der Waals surface area (Å²) >= 11 is 0. The van der Waals surface area contributed by atoms with E-state index in [0.29, 0.717) is 5.92 Å². The summed E-state index contributed by atoms with van der Waals surface area (Å²) in [5, 5.41) is 0. The fourth-order valence-corrected chi connectivity index (χ4v) is 2.25. The Morgan fingerprint density at radius 2 is 1.94 bits per heavy atom. The van der Waals surface area contributed by atoms with Crippen LogP contribution in [0.1, 0.15) is 18.4 Å². The molecule has 0 aromatic heterocycles. The smallest absolute Gasteiger partial charge is 0.127 e. The summed E-state index contributed by atoms with van der Waals surface area (Å²) in [7, 11) is 0. The minimum atomic E-state index is -0.0940. The van der Waals surface area contributed by atoms with Crippen molar-refractivity contribution in [2.24, 2.45) is 11.7 Å². The van der Waals surface area contributed by atoms with Crippen LogP contribution in [-0.4, -0.2) is 24.5 Å². The van der Waals surface area contributed by atoms with Crippen molar-refractivity contribution >= 4 is 0 Å². The summed E-state index contributed by atoms with van der Waals surface area (Å²) in [6.45, 7) is 3.59. The van der Waals surface area contributed by atoms with Gasteiger partial charge in [0.05, 0.1) is 0 Å². The van der Waals surface area contributed by atoms with E-state index in [-0.39, 0.29) is 5.82 Å². The van der Waals surface area contributed by atoms with Gasteiger partial charge in [0.1, 0.15) is 5.82 Å². The zero-order chi connectivity index (χ0) is 11.4. The van der Waals surface area contributed by atoms with Crippen molar-refractivity contribution in [3.8, 4) is 0 Å². The highest BCUT2D eigenvalue weighted by Crippen LogP contribution is 2.18. The quantitative estimate of drug-likeness (QED) is 0.847. The van der Waals surface area contributed by atoms with Crippen LogP contribution in [0, 0.1) is 11.7 Å². The molecule has 1 fully saturated rings. The van der Waals surface area contributed by atoms with Crippen molar-refractivity contribution in [3.05, 3.63) is 35.6 Å². The Labute approximate surface area is 96.2 Å². The predicted octanol–water partition coefficient (Wildman–Crippen LogP) is 2.00. The van der Waals surface area contributed by atoms with Crippen molar-refractivity contribution < 1.29 is 4.39 Å². The molecule has 3 heteroatoms. The first-order valence-electron chi connectivity index (χ1n) is 5.95. The minimum absolute atomic E-state index is 0.0940. The number of benzene rings is 1. The highest BCUT2D eigenvalue weighted by atomic mass is 19.1. The lowest BCUT2D eigenvalue weighted by molar-refractivity contribution is 0.178. The normalized spacial score (nSPS) is 18.9. The molecule has 0 radical (unpaired) electrons. The average Bonchev–Trinajstić information content (AvgIpc) is 2.33. The Balaban J connectivity index is 1.89. The largest absolute Gasteiger partial charge is 0.330 e. The summed E-state index contributed by atoms with van der Waals surface area (Å²) < 4.78 is 13.4. The van der Waals surface area contributed by atoms with E-state index in [4.69, 9.17) is 5.73 Å². The number of nitrogens with two attached hydrogens (primary N) is 1. The molecule has 2 N–H and O–H groups in total. The maximum Gasteiger partial charge on any atom is 0.127 e. The molecule has 88 valence electrons. The zero-order valence-corrected chi connectivity index (χ0v) is 9.53. The second kappa shape index (κ2) is 5.41. The standard InChI is InChI=1S/C13H19FN2/c14-13-4-2-1-3-12(13)10-16-7-5-11(9-15)6-8-16/h1-4,11H,5-10,15H2. The molecule has 0 bridgehead atoms. The van der Waals surface area contributed by atoms with Crippen LogP contribution in [0.2, 0.25) is 0 Å². The van der Waals surface area contributed by atoms with Gasteiger partial charge < -0.3 is 5.73 Å². The van der Waals surface area contributed by atoms with E-state index in [0.717, 1.165) is 44.6 Å². The van der Waals surface area contributed by atoms with Gasteiger partial charge in [0.25, 0.3) is 0 Å². The summed E-state index contributed by atoms with van der Waals surface area (Å²) in [6.07, 6.45) is 2.29. The highest BCUT2D eigenvalue weighted by Gasteiger charge is 2.18. The van der Waals surface area contributed by atoms with Gasteiger partial charge in [-0.25, -0.2) is 4.39 Å². The van der Waals surface area contributed by atoms with Gasteiger partial charge in [0.15, 0.2) is 0 Å². The van der Waals surface area contributed by atoms with E-state index >= 15 is 0 Å². The molecule has 1 aliphatic heterocycles. The van der Waals surface area contributed by atoms with Crippen molar-refractivity contribution in [1.82, 2.24) is 4.90 Å². The Bertz CT molecular complexity index is 332. The molecule has 0 aliphatic carbocycles. The van der Waals surface area contributed by atoms with E-state index in [2.05, 4.69) is 4.90 Å². The average molecular weight is 222 g/mol. The first kappa shape index (κ1) is 11.6. The Morgan fingerprint density at radius 1 is 1.25 bits per heavy atom. The SMILES string of the molecule is NCC1CCN(Cc2ccccc2F)CC1. The second-order valence-electron chi connectivity index (χ2n) is 4.55. The van der Waals surface area contributed by atoms with Gasteiger partial charge in [0, 0.05) is 12.1 Å². The number of nitrogens with zero attached hydrogens (tertiary/aromatic N) is 1. The van der Waals surface area contributed by atoms with Gasteiger partial charge in [-0.1, -0.05) is 18.2 Å². The summed E-state index contributed by atoms with van der Waals surface area (Å²) in [5.74, 6) is 0.570. The minimum Gasteiger partial charge on any atom is -0.330 e. The van der Waals surface area contributed by atoms with E-state index in [1.807, 2.05) is 12.1 Å². The monoisotopic (exact) mass is 222 g/mol. The van der Waals surface area contributed by atoms with Gasteiger partial charge in [-0.3, -0.25) is 4.90 Å². The molecular formula is C13H19FN2. The topological polar surface area (TPSA) is 29.3 Å². The molecular weight excluding hydrogens is 203 g/mol. The summed E-state index contributed by atoms with van der Waals surface area (Å²) in [4.78, 5) is 2.31. The fraction of sp³-hybridized carbons (Fsp3) is 0.538. The lowest BCUT2D eigenvalue weighted by Crippen LogP contribution is -2.35.